The van der Waals surface area contributed by atoms with Crippen molar-refractivity contribution in [2.24, 2.45) is 5.10 Å². The standard InChI is InChI=1S/C19H27N3O3S2/c1-13(21-22-19(26)20-16-6-4-3-5-7-16)14-8-9-17(25-2)15(10-14)11-27-12-18(23)24/h8-10,16H,3-7,11-12H2,1-2H3,(H,23,24)(H2,20,22,26)/b21-13-. The Kier molecular flexibility index (Phi) is 8.87. The number of hydrogen-bond acceptors (Lipinski definition) is 5. The Morgan fingerprint density at radius 2 is 2.11 bits per heavy atom. The Bertz CT molecular complexity index is 689. The van der Waals surface area contributed by atoms with Crippen LogP contribution in [0.4, 0.5) is 0 Å². The smallest absolute Gasteiger partial charge is 0.313 e. The second-order valence-corrected chi connectivity index (χ2v) is 7.92. The Labute approximate surface area is 170 Å². The number of carbonyl (C=O) groups is 1. The lowest BCUT2D eigenvalue weighted by Gasteiger charge is -2.23. The minimum Gasteiger partial charge on any atom is -0.496 e. The van der Waals surface area contributed by atoms with Gasteiger partial charge in [0.25, 0.3) is 0 Å². The average molecular weight is 410 g/mol. The van der Waals surface area contributed by atoms with E-state index in [0.717, 1.165) is 35.4 Å². The normalized spacial score (nSPS) is 15.3. The van der Waals surface area contributed by atoms with Gasteiger partial charge in [-0.2, -0.15) is 5.10 Å². The van der Waals surface area contributed by atoms with Gasteiger partial charge in [-0.15, -0.1) is 11.8 Å². The predicted molar refractivity (Wildman–Crippen MR) is 115 cm³/mol. The molecule has 0 heterocycles. The number of hydrogen-bond donors (Lipinski definition) is 3. The zero-order valence-corrected chi connectivity index (χ0v) is 17.4. The van der Waals surface area contributed by atoms with Crippen molar-refractivity contribution in [2.45, 2.75) is 50.8 Å². The minimum absolute atomic E-state index is 0.0586. The van der Waals surface area contributed by atoms with E-state index in [1.165, 1.54) is 31.0 Å². The van der Waals surface area contributed by atoms with E-state index >= 15 is 0 Å². The molecule has 0 bridgehead atoms. The lowest BCUT2D eigenvalue weighted by atomic mass is 9.96. The SMILES string of the molecule is COc1ccc(/C(C)=N\NC(=S)NC2CCCCC2)cc1CSCC(=O)O. The molecule has 27 heavy (non-hydrogen) atoms. The highest BCUT2D eigenvalue weighted by Gasteiger charge is 2.14. The molecule has 0 aromatic heterocycles. The van der Waals surface area contributed by atoms with Gasteiger partial charge in [-0.25, -0.2) is 0 Å². The van der Waals surface area contributed by atoms with Gasteiger partial charge in [0.15, 0.2) is 5.11 Å². The summed E-state index contributed by atoms with van der Waals surface area (Å²) < 4.78 is 5.37. The highest BCUT2D eigenvalue weighted by molar-refractivity contribution is 7.99. The maximum atomic E-state index is 10.7. The molecule has 1 aromatic carbocycles. The number of thiocarbonyl (C=S) groups is 1. The van der Waals surface area contributed by atoms with Gasteiger partial charge < -0.3 is 15.2 Å². The fraction of sp³-hybridized carbons (Fsp3) is 0.526. The number of nitrogens with one attached hydrogen (secondary N) is 2. The van der Waals surface area contributed by atoms with Crippen molar-refractivity contribution in [3.8, 4) is 5.75 Å². The summed E-state index contributed by atoms with van der Waals surface area (Å²) >= 11 is 6.68. The maximum Gasteiger partial charge on any atom is 0.313 e. The fourth-order valence-corrected chi connectivity index (χ4v) is 3.96. The summed E-state index contributed by atoms with van der Waals surface area (Å²) in [5.74, 6) is 0.539. The maximum absolute atomic E-state index is 10.7. The zero-order chi connectivity index (χ0) is 19.6. The van der Waals surface area contributed by atoms with E-state index < -0.39 is 5.97 Å². The van der Waals surface area contributed by atoms with Crippen LogP contribution in [-0.4, -0.2) is 40.8 Å². The first kappa shape index (κ1) is 21.5. The largest absolute Gasteiger partial charge is 0.496 e. The number of nitrogens with zero attached hydrogens (tertiary/aromatic N) is 1. The number of ether oxygens (including phenoxy) is 1. The van der Waals surface area contributed by atoms with Crippen molar-refractivity contribution < 1.29 is 14.6 Å². The van der Waals surface area contributed by atoms with Crippen LogP contribution >= 0.6 is 24.0 Å². The van der Waals surface area contributed by atoms with Crippen molar-refractivity contribution in [3.63, 3.8) is 0 Å². The predicted octanol–water partition coefficient (Wildman–Crippen LogP) is 3.53. The summed E-state index contributed by atoms with van der Waals surface area (Å²) in [6, 6.07) is 6.23. The van der Waals surface area contributed by atoms with Crippen molar-refractivity contribution >= 4 is 40.8 Å². The van der Waals surface area contributed by atoms with Crippen molar-refractivity contribution in [3.05, 3.63) is 29.3 Å². The van der Waals surface area contributed by atoms with Crippen molar-refractivity contribution in [1.82, 2.24) is 10.7 Å². The lowest BCUT2D eigenvalue weighted by molar-refractivity contribution is -0.133. The van der Waals surface area contributed by atoms with Crippen LogP contribution in [0.1, 0.15) is 50.2 Å². The van der Waals surface area contributed by atoms with Gasteiger partial charge in [0, 0.05) is 17.4 Å². The van der Waals surface area contributed by atoms with Gasteiger partial charge in [-0.1, -0.05) is 19.3 Å². The minimum atomic E-state index is -0.823. The second kappa shape index (κ2) is 11.1. The summed E-state index contributed by atoms with van der Waals surface area (Å²) in [5.41, 5.74) is 5.61. The Morgan fingerprint density at radius 3 is 2.78 bits per heavy atom. The molecule has 1 fully saturated rings. The number of carboxylic acid groups (broad SMARTS) is 1. The number of carboxylic acids is 1. The van der Waals surface area contributed by atoms with Crippen LogP contribution in [0.2, 0.25) is 0 Å². The number of methoxy groups -OCH3 is 1. The summed E-state index contributed by atoms with van der Waals surface area (Å²) in [6.45, 7) is 1.91. The molecular weight excluding hydrogens is 382 g/mol. The summed E-state index contributed by atoms with van der Waals surface area (Å²) in [6.07, 6.45) is 6.11. The summed E-state index contributed by atoms with van der Waals surface area (Å²) in [5, 5.41) is 17.1. The van der Waals surface area contributed by atoms with Gasteiger partial charge in [0.05, 0.1) is 18.6 Å². The molecule has 0 radical (unpaired) electrons. The third-order valence-electron chi connectivity index (χ3n) is 4.45. The number of thioether (sulfide) groups is 1. The first-order valence-corrected chi connectivity index (χ1v) is 10.6. The van der Waals surface area contributed by atoms with Crippen LogP contribution in [-0.2, 0) is 10.5 Å². The van der Waals surface area contributed by atoms with E-state index in [9.17, 15) is 4.79 Å². The third kappa shape index (κ3) is 7.38. The molecule has 2 rings (SSSR count). The molecule has 1 aliphatic rings. The molecule has 1 aromatic rings. The number of benzene rings is 1. The average Bonchev–Trinajstić information content (AvgIpc) is 2.66. The third-order valence-corrected chi connectivity index (χ3v) is 5.62. The number of hydrazone groups is 1. The van der Waals surface area contributed by atoms with Crippen LogP contribution in [0.5, 0.6) is 5.75 Å². The Morgan fingerprint density at radius 1 is 1.37 bits per heavy atom. The van der Waals surface area contributed by atoms with Gasteiger partial charge in [0.1, 0.15) is 5.75 Å². The molecule has 0 spiro atoms. The molecule has 0 unspecified atom stereocenters. The number of aliphatic carboxylic acids is 1. The molecule has 0 atom stereocenters. The molecular formula is C19H27N3O3S2. The van der Waals surface area contributed by atoms with E-state index in [-0.39, 0.29) is 5.75 Å². The first-order chi connectivity index (χ1) is 13.0. The molecule has 8 heteroatoms. The van der Waals surface area contributed by atoms with Gasteiger partial charge in [-0.3, -0.25) is 10.2 Å². The molecule has 0 amide bonds. The first-order valence-electron chi connectivity index (χ1n) is 9.07. The second-order valence-electron chi connectivity index (χ2n) is 6.53. The molecule has 0 saturated heterocycles. The van der Waals surface area contributed by atoms with Crippen LogP contribution in [0.25, 0.3) is 0 Å². The van der Waals surface area contributed by atoms with Gasteiger partial charge in [-0.05, 0) is 55.7 Å². The van der Waals surface area contributed by atoms with E-state index in [1.54, 1.807) is 7.11 Å². The van der Waals surface area contributed by atoms with Crippen LogP contribution in [0, 0.1) is 0 Å². The van der Waals surface area contributed by atoms with Gasteiger partial charge >= 0.3 is 5.97 Å². The van der Waals surface area contributed by atoms with Crippen molar-refractivity contribution in [1.29, 1.82) is 0 Å². The molecule has 1 saturated carbocycles. The van der Waals surface area contributed by atoms with Gasteiger partial charge in [0.2, 0.25) is 0 Å². The summed E-state index contributed by atoms with van der Waals surface area (Å²) in [7, 11) is 1.61. The van der Waals surface area contributed by atoms with E-state index in [1.807, 2.05) is 25.1 Å². The molecule has 148 valence electrons. The monoisotopic (exact) mass is 409 g/mol. The fourth-order valence-electron chi connectivity index (χ4n) is 3.03. The highest BCUT2D eigenvalue weighted by Crippen LogP contribution is 2.25. The topological polar surface area (TPSA) is 83.0 Å². The number of rotatable bonds is 8. The summed E-state index contributed by atoms with van der Waals surface area (Å²) in [4.78, 5) is 10.7. The van der Waals surface area contributed by atoms with E-state index in [4.69, 9.17) is 22.1 Å². The van der Waals surface area contributed by atoms with E-state index in [2.05, 4.69) is 15.8 Å². The molecule has 3 N–H and O–H groups in total. The lowest BCUT2D eigenvalue weighted by Crippen LogP contribution is -2.41. The quantitative estimate of drug-likeness (QED) is 0.344. The zero-order valence-electron chi connectivity index (χ0n) is 15.8. The van der Waals surface area contributed by atoms with Crippen LogP contribution in [0.15, 0.2) is 23.3 Å². The Balaban J connectivity index is 1.96. The molecule has 6 nitrogen and oxygen atoms in total. The van der Waals surface area contributed by atoms with Crippen LogP contribution < -0.4 is 15.5 Å². The highest BCUT2D eigenvalue weighted by atomic mass is 32.2. The molecule has 1 aliphatic carbocycles. The van der Waals surface area contributed by atoms with Crippen LogP contribution in [0.3, 0.4) is 0 Å². The van der Waals surface area contributed by atoms with E-state index in [0.29, 0.717) is 16.9 Å². The Hall–Kier alpha value is -1.80. The molecule has 0 aliphatic heterocycles. The van der Waals surface area contributed by atoms with Crippen molar-refractivity contribution in [2.75, 3.05) is 12.9 Å².